The van der Waals surface area contributed by atoms with Crippen molar-refractivity contribution in [2.45, 2.75) is 26.5 Å². The number of hydrogen-bond acceptors (Lipinski definition) is 9. The van der Waals surface area contributed by atoms with E-state index in [1.165, 1.54) is 13.3 Å². The van der Waals surface area contributed by atoms with Crippen LogP contribution in [0.3, 0.4) is 0 Å². The first kappa shape index (κ1) is 32.8. The number of amides is 3. The van der Waals surface area contributed by atoms with Crippen LogP contribution in [0.1, 0.15) is 42.1 Å². The quantitative estimate of drug-likeness (QED) is 0.107. The van der Waals surface area contributed by atoms with Crippen LogP contribution in [0.15, 0.2) is 77.0 Å². The fourth-order valence-corrected chi connectivity index (χ4v) is 5.08. The van der Waals surface area contributed by atoms with Crippen molar-refractivity contribution < 1.29 is 33.3 Å². The van der Waals surface area contributed by atoms with Crippen LogP contribution >= 0.6 is 22.6 Å². The lowest BCUT2D eigenvalue weighted by Crippen LogP contribution is -2.45. The van der Waals surface area contributed by atoms with E-state index in [0.717, 1.165) is 14.7 Å². The third-order valence-corrected chi connectivity index (χ3v) is 7.37. The molecule has 0 spiro atoms. The summed E-state index contributed by atoms with van der Waals surface area (Å²) in [4.78, 5) is 37.2. The molecule has 232 valence electrons. The van der Waals surface area contributed by atoms with Gasteiger partial charge in [0.1, 0.15) is 12.4 Å². The molecule has 0 fully saturated rings. The number of carbonyl (C=O) groups excluding carboxylic acids is 3. The average molecular weight is 724 g/mol. The van der Waals surface area contributed by atoms with Gasteiger partial charge in [-0.1, -0.05) is 24.3 Å². The van der Waals surface area contributed by atoms with Crippen molar-refractivity contribution in [3.63, 3.8) is 0 Å². The normalized spacial score (nSPS) is 14.2. The highest BCUT2D eigenvalue weighted by molar-refractivity contribution is 14.1. The van der Waals surface area contributed by atoms with Crippen LogP contribution in [-0.2, 0) is 20.9 Å². The van der Waals surface area contributed by atoms with Gasteiger partial charge >= 0.3 is 12.0 Å². The Morgan fingerprint density at radius 3 is 2.60 bits per heavy atom. The molecule has 0 radical (unpaired) electrons. The van der Waals surface area contributed by atoms with Crippen LogP contribution in [0.25, 0.3) is 0 Å². The number of halogens is 1. The van der Waals surface area contributed by atoms with Gasteiger partial charge in [0, 0.05) is 11.3 Å². The highest BCUT2D eigenvalue weighted by Gasteiger charge is 2.32. The van der Waals surface area contributed by atoms with E-state index in [1.807, 2.05) is 18.2 Å². The third-order valence-electron chi connectivity index (χ3n) is 6.52. The monoisotopic (exact) mass is 723 g/mol. The Kier molecular flexibility index (Phi) is 11.4. The fourth-order valence-electron chi connectivity index (χ4n) is 4.39. The maximum atomic E-state index is 12.6. The van der Waals surface area contributed by atoms with Crippen molar-refractivity contribution in [3.8, 4) is 23.3 Å². The molecule has 1 atom stereocenters. The van der Waals surface area contributed by atoms with Crippen molar-refractivity contribution in [3.05, 3.63) is 97.8 Å². The molecule has 0 aliphatic carbocycles. The number of allylic oxidation sites excluding steroid dienone is 1. The van der Waals surface area contributed by atoms with Gasteiger partial charge in [0.05, 0.1) is 46.7 Å². The van der Waals surface area contributed by atoms with Crippen molar-refractivity contribution in [2.24, 2.45) is 5.10 Å². The summed E-state index contributed by atoms with van der Waals surface area (Å²) in [6, 6.07) is 18.5. The molecule has 13 heteroatoms. The first-order valence-corrected chi connectivity index (χ1v) is 14.8. The first-order valence-electron chi connectivity index (χ1n) is 13.7. The number of nitrogens with zero attached hydrogens (tertiary/aromatic N) is 2. The Morgan fingerprint density at radius 2 is 1.87 bits per heavy atom. The number of hydrogen-bond donors (Lipinski definition) is 3. The van der Waals surface area contributed by atoms with Crippen molar-refractivity contribution in [1.82, 2.24) is 16.1 Å². The summed E-state index contributed by atoms with van der Waals surface area (Å²) in [5, 5.41) is 18.6. The Morgan fingerprint density at radius 1 is 1.09 bits per heavy atom. The fraction of sp³-hybridized carbons (Fsp3) is 0.219. The van der Waals surface area contributed by atoms with Crippen LogP contribution in [-0.4, -0.2) is 44.4 Å². The molecular weight excluding hydrogens is 693 g/mol. The summed E-state index contributed by atoms with van der Waals surface area (Å²) in [6.07, 6.45) is 1.49. The van der Waals surface area contributed by atoms with Gasteiger partial charge in [-0.05, 0) is 84.0 Å². The minimum Gasteiger partial charge on any atom is -0.493 e. The maximum absolute atomic E-state index is 12.6. The van der Waals surface area contributed by atoms with Gasteiger partial charge in [-0.15, -0.1) is 0 Å². The van der Waals surface area contributed by atoms with E-state index in [9.17, 15) is 19.6 Å². The molecule has 3 aromatic carbocycles. The summed E-state index contributed by atoms with van der Waals surface area (Å²) in [6.45, 7) is 3.41. The van der Waals surface area contributed by atoms with Crippen molar-refractivity contribution in [1.29, 1.82) is 5.26 Å². The SMILES string of the molecule is CCOC(=O)C1=C(C)NC(=O)N[C@@H]1c1ccc(OCC(=O)N/N=C\c2ccc(OCc3ccccc3C#N)c(I)c2)c(OC)c1. The number of methoxy groups -OCH3 is 1. The number of rotatable bonds is 12. The van der Waals surface area contributed by atoms with Gasteiger partial charge in [-0.3, -0.25) is 4.79 Å². The highest BCUT2D eigenvalue weighted by Crippen LogP contribution is 2.34. The zero-order chi connectivity index (χ0) is 32.3. The van der Waals surface area contributed by atoms with Gasteiger partial charge in [0.25, 0.3) is 5.91 Å². The van der Waals surface area contributed by atoms with Crippen LogP contribution in [0, 0.1) is 14.9 Å². The number of nitrogens with one attached hydrogen (secondary N) is 3. The first-order chi connectivity index (χ1) is 21.7. The van der Waals surface area contributed by atoms with Gasteiger partial charge in [-0.2, -0.15) is 10.4 Å². The number of urea groups is 1. The molecule has 3 aromatic rings. The van der Waals surface area contributed by atoms with E-state index in [-0.39, 0.29) is 31.1 Å². The maximum Gasteiger partial charge on any atom is 0.338 e. The second-order valence-electron chi connectivity index (χ2n) is 9.53. The molecule has 3 amide bonds. The second-order valence-corrected chi connectivity index (χ2v) is 10.7. The summed E-state index contributed by atoms with van der Waals surface area (Å²) in [5.74, 6) is 0.175. The Labute approximate surface area is 273 Å². The van der Waals surface area contributed by atoms with Gasteiger partial charge in [0.2, 0.25) is 0 Å². The molecule has 4 rings (SSSR count). The molecule has 1 heterocycles. The van der Waals surface area contributed by atoms with E-state index in [4.69, 9.17) is 18.9 Å². The molecule has 0 bridgehead atoms. The van der Waals surface area contributed by atoms with E-state index in [2.05, 4.69) is 49.8 Å². The minimum absolute atomic E-state index is 0.180. The number of carbonyl (C=O) groups is 3. The Bertz CT molecular complexity index is 1700. The van der Waals surface area contributed by atoms with E-state index in [1.54, 1.807) is 56.3 Å². The van der Waals surface area contributed by atoms with Gasteiger partial charge in [-0.25, -0.2) is 15.0 Å². The lowest BCUT2D eigenvalue weighted by atomic mass is 9.95. The Balaban J connectivity index is 1.34. The predicted octanol–water partition coefficient (Wildman–Crippen LogP) is 4.47. The molecule has 0 saturated carbocycles. The summed E-state index contributed by atoms with van der Waals surface area (Å²) >= 11 is 2.14. The second kappa shape index (κ2) is 15.6. The number of nitriles is 1. The molecular formula is C32H30IN5O7. The summed E-state index contributed by atoms with van der Waals surface area (Å²) in [7, 11) is 1.44. The van der Waals surface area contributed by atoms with E-state index < -0.39 is 23.9 Å². The van der Waals surface area contributed by atoms with Crippen molar-refractivity contribution >= 4 is 46.7 Å². The molecule has 1 aliphatic heterocycles. The number of benzene rings is 3. The topological polar surface area (TPSA) is 160 Å². The number of hydrazone groups is 1. The van der Waals surface area contributed by atoms with E-state index in [0.29, 0.717) is 28.3 Å². The molecule has 0 saturated heterocycles. The molecule has 0 unspecified atom stereocenters. The summed E-state index contributed by atoms with van der Waals surface area (Å²) in [5.41, 5.74) is 5.73. The van der Waals surface area contributed by atoms with Crippen LogP contribution in [0.5, 0.6) is 17.2 Å². The molecule has 0 aromatic heterocycles. The smallest absolute Gasteiger partial charge is 0.338 e. The molecule has 12 nitrogen and oxygen atoms in total. The largest absolute Gasteiger partial charge is 0.493 e. The van der Waals surface area contributed by atoms with Crippen LogP contribution in [0.4, 0.5) is 4.79 Å². The zero-order valence-electron chi connectivity index (χ0n) is 24.7. The zero-order valence-corrected chi connectivity index (χ0v) is 26.8. The molecule has 1 aliphatic rings. The molecule has 3 N–H and O–H groups in total. The van der Waals surface area contributed by atoms with Crippen molar-refractivity contribution in [2.75, 3.05) is 20.3 Å². The van der Waals surface area contributed by atoms with Gasteiger partial charge < -0.3 is 29.6 Å². The lowest BCUT2D eigenvalue weighted by Gasteiger charge is -2.28. The number of esters is 1. The minimum atomic E-state index is -0.776. The standard InChI is InChI=1S/C32H30IN5O7/c1-4-43-31(40)29-19(2)36-32(41)37-30(29)21-10-12-26(27(14-21)42-3)45-18-28(39)38-35-16-20-9-11-25(24(33)13-20)44-17-23-8-6-5-7-22(23)15-34/h5-14,16,30H,4,17-18H2,1-3H3,(H,38,39)(H2,36,37,41)/b35-16-/t30-/m1/s1. The molecule has 45 heavy (non-hydrogen) atoms. The average Bonchev–Trinajstić information content (AvgIpc) is 3.03. The Hall–Kier alpha value is -5.10. The van der Waals surface area contributed by atoms with Crippen LogP contribution in [0.2, 0.25) is 0 Å². The third kappa shape index (κ3) is 8.51. The van der Waals surface area contributed by atoms with Crippen LogP contribution < -0.4 is 30.3 Å². The van der Waals surface area contributed by atoms with Gasteiger partial charge in [0.15, 0.2) is 18.1 Å². The summed E-state index contributed by atoms with van der Waals surface area (Å²) < 4.78 is 23.0. The predicted molar refractivity (Wildman–Crippen MR) is 173 cm³/mol. The number of ether oxygens (including phenoxy) is 4. The highest BCUT2D eigenvalue weighted by atomic mass is 127. The lowest BCUT2D eigenvalue weighted by molar-refractivity contribution is -0.139. The van der Waals surface area contributed by atoms with E-state index >= 15 is 0 Å².